The van der Waals surface area contributed by atoms with Crippen LogP contribution in [0.5, 0.6) is 0 Å². The van der Waals surface area contributed by atoms with Crippen molar-refractivity contribution in [2.75, 3.05) is 24.1 Å². The number of piperidine rings is 1. The Morgan fingerprint density at radius 3 is 2.51 bits per heavy atom. The van der Waals surface area contributed by atoms with Crippen LogP contribution in [0.15, 0.2) is 84.2 Å². The van der Waals surface area contributed by atoms with Gasteiger partial charge < -0.3 is 20.9 Å². The van der Waals surface area contributed by atoms with Gasteiger partial charge in [-0.3, -0.25) is 14.2 Å². The highest BCUT2D eigenvalue weighted by Gasteiger charge is 2.22. The Morgan fingerprint density at radius 1 is 1.03 bits per heavy atom. The van der Waals surface area contributed by atoms with Gasteiger partial charge in [-0.15, -0.1) is 0 Å². The fourth-order valence-electron chi connectivity index (χ4n) is 5.09. The molecule has 0 aliphatic carbocycles. The Labute approximate surface area is 223 Å². The first-order chi connectivity index (χ1) is 19.0. The van der Waals surface area contributed by atoms with Gasteiger partial charge in [-0.05, 0) is 80.0 Å². The number of pyridine rings is 1. The molecular formula is C29H26FN7O2. The third kappa shape index (κ3) is 4.66. The van der Waals surface area contributed by atoms with Crippen molar-refractivity contribution >= 4 is 28.4 Å². The molecule has 0 unspecified atom stereocenters. The highest BCUT2D eigenvalue weighted by atomic mass is 19.1. The van der Waals surface area contributed by atoms with Crippen LogP contribution in [-0.4, -0.2) is 38.1 Å². The molecule has 1 fully saturated rings. The van der Waals surface area contributed by atoms with Crippen molar-refractivity contribution in [2.24, 2.45) is 0 Å². The molecule has 0 saturated carbocycles. The molecule has 0 radical (unpaired) electrons. The summed E-state index contributed by atoms with van der Waals surface area (Å²) in [6.07, 6.45) is 7.12. The predicted octanol–water partition coefficient (Wildman–Crippen LogP) is 4.15. The first kappa shape index (κ1) is 24.5. The predicted molar refractivity (Wildman–Crippen MR) is 148 cm³/mol. The molecule has 3 aromatic heterocycles. The quantitative estimate of drug-likeness (QED) is 0.318. The Bertz CT molecular complexity index is 1720. The lowest BCUT2D eigenvalue weighted by molar-refractivity contribution is 0.102. The summed E-state index contributed by atoms with van der Waals surface area (Å²) in [5.41, 5.74) is 9.40. The summed E-state index contributed by atoms with van der Waals surface area (Å²) < 4.78 is 16.8. The van der Waals surface area contributed by atoms with Crippen LogP contribution in [0, 0.1) is 5.82 Å². The van der Waals surface area contributed by atoms with Gasteiger partial charge in [0.2, 0.25) is 0 Å². The van der Waals surface area contributed by atoms with Crippen molar-refractivity contribution in [3.63, 3.8) is 0 Å². The first-order valence-electron chi connectivity index (χ1n) is 12.7. The van der Waals surface area contributed by atoms with Gasteiger partial charge in [0.25, 0.3) is 11.5 Å². The van der Waals surface area contributed by atoms with Gasteiger partial charge >= 0.3 is 0 Å². The lowest BCUT2D eigenvalue weighted by atomic mass is 10.1. The average molecular weight is 524 g/mol. The number of carbonyl (C=O) groups excluding carboxylic acids is 1. The number of benzene rings is 2. The van der Waals surface area contributed by atoms with Crippen molar-refractivity contribution in [3.05, 3.63) is 101 Å². The number of nitrogen functional groups attached to an aromatic ring is 1. The number of amides is 1. The van der Waals surface area contributed by atoms with Crippen LogP contribution in [-0.2, 0) is 0 Å². The number of nitrogens with one attached hydrogen (secondary N) is 2. The number of aromatic nitrogens is 4. The van der Waals surface area contributed by atoms with Gasteiger partial charge in [-0.2, -0.15) is 0 Å². The van der Waals surface area contributed by atoms with Gasteiger partial charge in [-0.1, -0.05) is 12.1 Å². The van der Waals surface area contributed by atoms with E-state index in [2.05, 4.69) is 31.4 Å². The number of halogens is 1. The van der Waals surface area contributed by atoms with Crippen LogP contribution in [0.1, 0.15) is 29.2 Å². The number of nitrogens with zero attached hydrogens (tertiary/aromatic N) is 4. The Morgan fingerprint density at radius 2 is 1.77 bits per heavy atom. The molecule has 39 heavy (non-hydrogen) atoms. The Balaban J connectivity index is 1.27. The second kappa shape index (κ2) is 10.1. The fourth-order valence-corrected chi connectivity index (χ4v) is 5.09. The zero-order valence-electron chi connectivity index (χ0n) is 21.0. The summed E-state index contributed by atoms with van der Waals surface area (Å²) >= 11 is 0. The topological polar surface area (TPSA) is 120 Å². The van der Waals surface area contributed by atoms with E-state index in [0.717, 1.165) is 48.1 Å². The number of anilines is 2. The highest BCUT2D eigenvalue weighted by Crippen LogP contribution is 2.36. The maximum Gasteiger partial charge on any atom is 0.267 e. The monoisotopic (exact) mass is 523 g/mol. The summed E-state index contributed by atoms with van der Waals surface area (Å²) in [5.74, 6) is -0.527. The van der Waals surface area contributed by atoms with E-state index >= 15 is 0 Å². The average Bonchev–Trinajstić information content (AvgIpc) is 3.36. The van der Waals surface area contributed by atoms with E-state index in [4.69, 9.17) is 5.73 Å². The van der Waals surface area contributed by atoms with Gasteiger partial charge in [0.1, 0.15) is 29.2 Å². The smallest absolute Gasteiger partial charge is 0.267 e. The number of carbonyl (C=O) groups is 1. The van der Waals surface area contributed by atoms with E-state index in [1.807, 2.05) is 12.1 Å². The minimum atomic E-state index is -0.538. The van der Waals surface area contributed by atoms with Crippen molar-refractivity contribution in [1.82, 2.24) is 24.4 Å². The van der Waals surface area contributed by atoms with Crippen molar-refractivity contribution in [2.45, 2.75) is 18.9 Å². The van der Waals surface area contributed by atoms with Crippen LogP contribution in [0.2, 0.25) is 0 Å². The number of nitrogens with two attached hydrogens (primary N) is 1. The molecule has 10 heteroatoms. The summed E-state index contributed by atoms with van der Waals surface area (Å²) in [4.78, 5) is 34.7. The van der Waals surface area contributed by atoms with Gasteiger partial charge in [0.15, 0.2) is 0 Å². The molecule has 1 saturated heterocycles. The fraction of sp³-hybridized carbons (Fsp3) is 0.172. The summed E-state index contributed by atoms with van der Waals surface area (Å²) in [6, 6.07) is 16.2. The SMILES string of the molecule is Nc1ncnc2c1c(-c1ccc(NC(=O)c3cccn(-c4ccc(F)cc4)c3=O)cc1)cn2C1CCNCC1. The molecule has 0 bridgehead atoms. The minimum Gasteiger partial charge on any atom is -0.383 e. The van der Waals surface area contributed by atoms with Crippen molar-refractivity contribution in [3.8, 4) is 16.8 Å². The number of rotatable bonds is 5. The molecule has 196 valence electrons. The molecule has 0 atom stereocenters. The molecule has 4 N–H and O–H groups in total. The number of hydrogen-bond acceptors (Lipinski definition) is 6. The molecule has 2 aromatic carbocycles. The molecule has 1 aliphatic heterocycles. The van der Waals surface area contributed by atoms with Crippen molar-refractivity contribution in [1.29, 1.82) is 0 Å². The van der Waals surface area contributed by atoms with E-state index in [9.17, 15) is 14.0 Å². The number of hydrogen-bond donors (Lipinski definition) is 3. The van der Waals surface area contributed by atoms with E-state index in [-0.39, 0.29) is 5.56 Å². The highest BCUT2D eigenvalue weighted by molar-refractivity contribution is 6.04. The Hall–Kier alpha value is -4.83. The molecule has 5 aromatic rings. The van der Waals surface area contributed by atoms with Crippen LogP contribution in [0.3, 0.4) is 0 Å². The van der Waals surface area contributed by atoms with E-state index in [0.29, 0.717) is 23.2 Å². The zero-order chi connectivity index (χ0) is 26.9. The minimum absolute atomic E-state index is 0.0270. The summed E-state index contributed by atoms with van der Waals surface area (Å²) in [5, 5.41) is 6.99. The van der Waals surface area contributed by atoms with Crippen molar-refractivity contribution < 1.29 is 9.18 Å². The van der Waals surface area contributed by atoms with Gasteiger partial charge in [0, 0.05) is 35.4 Å². The van der Waals surface area contributed by atoms with Crippen LogP contribution < -0.4 is 21.9 Å². The standard InChI is InChI=1S/C29H26FN7O2/c30-19-5-9-21(10-6-19)36-15-1-2-23(29(36)39)28(38)35-20-7-3-18(4-8-20)24-16-37(22-11-13-32-14-12-22)27-25(24)26(31)33-17-34-27/h1-10,15-17,22,32H,11-14H2,(H,35,38)(H2,31,33,34). The molecule has 1 aliphatic rings. The normalized spacial score (nSPS) is 14.0. The molecule has 4 heterocycles. The zero-order valence-corrected chi connectivity index (χ0v) is 21.0. The van der Waals surface area contributed by atoms with E-state index < -0.39 is 17.3 Å². The molecule has 1 amide bonds. The first-order valence-corrected chi connectivity index (χ1v) is 12.7. The molecule has 6 rings (SSSR count). The van der Waals surface area contributed by atoms with Crippen LogP contribution in [0.4, 0.5) is 15.9 Å². The lowest BCUT2D eigenvalue weighted by Gasteiger charge is -2.24. The Kier molecular flexibility index (Phi) is 6.37. The summed E-state index contributed by atoms with van der Waals surface area (Å²) in [7, 11) is 0. The van der Waals surface area contributed by atoms with E-state index in [1.54, 1.807) is 18.2 Å². The summed E-state index contributed by atoms with van der Waals surface area (Å²) in [6.45, 7) is 1.90. The molecule has 0 spiro atoms. The van der Waals surface area contributed by atoms with Gasteiger partial charge in [-0.25, -0.2) is 14.4 Å². The third-order valence-electron chi connectivity index (χ3n) is 7.09. The third-order valence-corrected chi connectivity index (χ3v) is 7.09. The molecule has 9 nitrogen and oxygen atoms in total. The largest absolute Gasteiger partial charge is 0.383 e. The number of fused-ring (bicyclic) bond motifs is 1. The molecular weight excluding hydrogens is 497 g/mol. The lowest BCUT2D eigenvalue weighted by Crippen LogP contribution is -2.29. The van der Waals surface area contributed by atoms with E-state index in [1.165, 1.54) is 47.4 Å². The van der Waals surface area contributed by atoms with Gasteiger partial charge in [0.05, 0.1) is 5.39 Å². The second-order valence-corrected chi connectivity index (χ2v) is 9.49. The van der Waals surface area contributed by atoms with Crippen LogP contribution in [0.25, 0.3) is 27.8 Å². The maximum absolute atomic E-state index is 13.3. The second-order valence-electron chi connectivity index (χ2n) is 9.49. The van der Waals surface area contributed by atoms with Crippen LogP contribution >= 0.6 is 0 Å². The maximum atomic E-state index is 13.3.